The van der Waals surface area contributed by atoms with Gasteiger partial charge in [-0.25, -0.2) is 9.97 Å². The molecule has 0 aliphatic rings. The molecule has 4 rings (SSSR count). The highest BCUT2D eigenvalue weighted by atomic mass is 32.2. The molecular weight excluding hydrogens is 408 g/mol. The molecule has 1 N–H and O–H groups in total. The second kappa shape index (κ2) is 8.22. The summed E-state index contributed by atoms with van der Waals surface area (Å²) in [4.78, 5) is 21.7. The van der Waals surface area contributed by atoms with Gasteiger partial charge in [0.2, 0.25) is 0 Å². The summed E-state index contributed by atoms with van der Waals surface area (Å²) in [6, 6.07) is 9.12. The van der Waals surface area contributed by atoms with Crippen molar-refractivity contribution in [2.75, 3.05) is 12.4 Å². The molecule has 1 aromatic carbocycles. The van der Waals surface area contributed by atoms with Crippen molar-refractivity contribution in [1.29, 1.82) is 0 Å². The number of thioether (sulfide) groups is 1. The normalized spacial score (nSPS) is 11.0. The Morgan fingerprint density at radius 1 is 1.31 bits per heavy atom. The standard InChI is InChI=1S/C20H18N4O3S2/c1-11-15(12(2)27-24-11)10-28-19-14(5-4-8-21-19)18(25)23-20-22-16-7-6-13(26-3)9-17(16)29-20/h4-9H,10H2,1-3H3,(H,22,23,25). The SMILES string of the molecule is COc1ccc2nc(NC(=O)c3cccnc3SCc3c(C)noc3C)sc2c1. The number of nitrogens with zero attached hydrogens (tertiary/aromatic N) is 3. The molecule has 0 unspecified atom stereocenters. The number of anilines is 1. The first-order valence-electron chi connectivity index (χ1n) is 8.80. The van der Waals surface area contributed by atoms with E-state index in [1.807, 2.05) is 32.0 Å². The van der Waals surface area contributed by atoms with Crippen LogP contribution in [-0.4, -0.2) is 28.1 Å². The van der Waals surface area contributed by atoms with Crippen LogP contribution in [0.25, 0.3) is 10.2 Å². The number of pyridine rings is 1. The van der Waals surface area contributed by atoms with Crippen LogP contribution in [0.15, 0.2) is 46.1 Å². The number of thiazole rings is 1. The van der Waals surface area contributed by atoms with Crippen LogP contribution in [0.3, 0.4) is 0 Å². The molecule has 148 valence electrons. The van der Waals surface area contributed by atoms with Gasteiger partial charge in [-0.1, -0.05) is 16.5 Å². The number of ether oxygens (including phenoxy) is 1. The maximum absolute atomic E-state index is 12.9. The molecule has 0 radical (unpaired) electrons. The van der Waals surface area contributed by atoms with Crippen molar-refractivity contribution < 1.29 is 14.1 Å². The average Bonchev–Trinajstić information content (AvgIpc) is 3.27. The van der Waals surface area contributed by atoms with Crippen molar-refractivity contribution in [2.24, 2.45) is 0 Å². The lowest BCUT2D eigenvalue weighted by atomic mass is 10.2. The number of aromatic nitrogens is 3. The van der Waals surface area contributed by atoms with Gasteiger partial charge in [0.15, 0.2) is 5.13 Å². The molecule has 29 heavy (non-hydrogen) atoms. The molecule has 0 bridgehead atoms. The number of benzene rings is 1. The van der Waals surface area contributed by atoms with Crippen LogP contribution < -0.4 is 10.1 Å². The molecule has 0 saturated heterocycles. The fourth-order valence-electron chi connectivity index (χ4n) is 2.78. The first-order chi connectivity index (χ1) is 14.0. The van der Waals surface area contributed by atoms with E-state index in [0.717, 1.165) is 33.0 Å². The third-order valence-corrected chi connectivity index (χ3v) is 6.33. The quantitative estimate of drug-likeness (QED) is 0.441. The summed E-state index contributed by atoms with van der Waals surface area (Å²) in [6.45, 7) is 3.78. The highest BCUT2D eigenvalue weighted by molar-refractivity contribution is 7.98. The summed E-state index contributed by atoms with van der Waals surface area (Å²) in [7, 11) is 1.62. The lowest BCUT2D eigenvalue weighted by Gasteiger charge is -2.07. The van der Waals surface area contributed by atoms with E-state index in [4.69, 9.17) is 9.26 Å². The largest absolute Gasteiger partial charge is 0.497 e. The summed E-state index contributed by atoms with van der Waals surface area (Å²) in [5.41, 5.74) is 3.18. The van der Waals surface area contributed by atoms with Crippen molar-refractivity contribution >= 4 is 44.4 Å². The smallest absolute Gasteiger partial charge is 0.260 e. The number of aryl methyl sites for hydroxylation is 2. The van der Waals surface area contributed by atoms with Crippen LogP contribution >= 0.6 is 23.1 Å². The van der Waals surface area contributed by atoms with Gasteiger partial charge in [-0.05, 0) is 44.2 Å². The zero-order valence-electron chi connectivity index (χ0n) is 16.1. The Morgan fingerprint density at radius 2 is 2.17 bits per heavy atom. The van der Waals surface area contributed by atoms with Crippen molar-refractivity contribution in [3.05, 3.63) is 59.1 Å². The van der Waals surface area contributed by atoms with Gasteiger partial charge in [0.25, 0.3) is 5.91 Å². The highest BCUT2D eigenvalue weighted by Gasteiger charge is 2.17. The van der Waals surface area contributed by atoms with E-state index in [2.05, 4.69) is 20.4 Å². The number of carbonyl (C=O) groups is 1. The summed E-state index contributed by atoms with van der Waals surface area (Å²) in [6.07, 6.45) is 1.68. The maximum Gasteiger partial charge on any atom is 0.260 e. The Kier molecular flexibility index (Phi) is 5.50. The average molecular weight is 427 g/mol. The van der Waals surface area contributed by atoms with E-state index in [9.17, 15) is 4.79 Å². The van der Waals surface area contributed by atoms with Crippen molar-refractivity contribution in [1.82, 2.24) is 15.1 Å². The lowest BCUT2D eigenvalue weighted by molar-refractivity contribution is 0.102. The topological polar surface area (TPSA) is 90.1 Å². The van der Waals surface area contributed by atoms with E-state index in [0.29, 0.717) is 21.5 Å². The van der Waals surface area contributed by atoms with Crippen molar-refractivity contribution in [3.63, 3.8) is 0 Å². The molecule has 0 atom stereocenters. The fourth-order valence-corrected chi connectivity index (χ4v) is 4.81. The minimum Gasteiger partial charge on any atom is -0.497 e. The summed E-state index contributed by atoms with van der Waals surface area (Å²) < 4.78 is 11.4. The minimum absolute atomic E-state index is 0.245. The molecule has 0 fully saturated rings. The Labute approximate surface area is 175 Å². The zero-order valence-corrected chi connectivity index (χ0v) is 17.7. The van der Waals surface area contributed by atoms with Crippen LogP contribution in [0.4, 0.5) is 5.13 Å². The van der Waals surface area contributed by atoms with E-state index >= 15 is 0 Å². The molecule has 7 nitrogen and oxygen atoms in total. The summed E-state index contributed by atoms with van der Waals surface area (Å²) in [5.74, 6) is 1.91. The Morgan fingerprint density at radius 3 is 2.93 bits per heavy atom. The summed E-state index contributed by atoms with van der Waals surface area (Å²) >= 11 is 2.88. The van der Waals surface area contributed by atoms with Crippen LogP contribution in [0, 0.1) is 13.8 Å². The molecule has 4 aromatic rings. The third-order valence-electron chi connectivity index (χ3n) is 4.37. The number of rotatable bonds is 6. The zero-order chi connectivity index (χ0) is 20.4. The Bertz CT molecular complexity index is 1170. The van der Waals surface area contributed by atoms with Crippen LogP contribution in [0.5, 0.6) is 5.75 Å². The number of hydrogen-bond acceptors (Lipinski definition) is 8. The number of nitrogens with one attached hydrogen (secondary N) is 1. The lowest BCUT2D eigenvalue weighted by Crippen LogP contribution is -2.13. The molecule has 0 saturated carbocycles. The molecule has 0 aliphatic heterocycles. The van der Waals surface area contributed by atoms with E-state index in [1.165, 1.54) is 23.1 Å². The number of amides is 1. The molecule has 3 aromatic heterocycles. The number of carbonyl (C=O) groups excluding carboxylic acids is 1. The van der Waals surface area contributed by atoms with Gasteiger partial charge in [0.05, 0.1) is 28.6 Å². The van der Waals surface area contributed by atoms with E-state index in [-0.39, 0.29) is 5.91 Å². The second-order valence-electron chi connectivity index (χ2n) is 6.25. The monoisotopic (exact) mass is 426 g/mol. The fraction of sp³-hybridized carbons (Fsp3) is 0.200. The second-order valence-corrected chi connectivity index (χ2v) is 8.25. The van der Waals surface area contributed by atoms with E-state index in [1.54, 1.807) is 25.4 Å². The summed E-state index contributed by atoms with van der Waals surface area (Å²) in [5, 5.41) is 8.03. The molecular formula is C20H18N4O3S2. The number of methoxy groups -OCH3 is 1. The molecule has 3 heterocycles. The van der Waals surface area contributed by atoms with Gasteiger partial charge in [-0.15, -0.1) is 11.8 Å². The molecule has 0 spiro atoms. The van der Waals surface area contributed by atoms with Gasteiger partial charge in [0, 0.05) is 17.5 Å². The van der Waals surface area contributed by atoms with Crippen molar-refractivity contribution in [3.8, 4) is 5.75 Å². The Hall–Kier alpha value is -2.91. The third kappa shape index (κ3) is 4.10. The first-order valence-corrected chi connectivity index (χ1v) is 10.6. The van der Waals surface area contributed by atoms with Crippen LogP contribution in [0.1, 0.15) is 27.4 Å². The van der Waals surface area contributed by atoms with Gasteiger partial charge in [0.1, 0.15) is 16.5 Å². The maximum atomic E-state index is 12.9. The molecule has 0 aliphatic carbocycles. The minimum atomic E-state index is -0.245. The van der Waals surface area contributed by atoms with Gasteiger partial charge in [-0.3, -0.25) is 10.1 Å². The van der Waals surface area contributed by atoms with Gasteiger partial charge >= 0.3 is 0 Å². The van der Waals surface area contributed by atoms with Crippen LogP contribution in [0.2, 0.25) is 0 Å². The molecule has 9 heteroatoms. The predicted molar refractivity (Wildman–Crippen MR) is 114 cm³/mol. The van der Waals surface area contributed by atoms with Crippen LogP contribution in [-0.2, 0) is 5.75 Å². The predicted octanol–water partition coefficient (Wildman–Crippen LogP) is 4.85. The Balaban J connectivity index is 1.53. The first kappa shape index (κ1) is 19.4. The molecule has 1 amide bonds. The van der Waals surface area contributed by atoms with Gasteiger partial charge in [-0.2, -0.15) is 0 Å². The van der Waals surface area contributed by atoms with Crippen molar-refractivity contribution in [2.45, 2.75) is 24.6 Å². The number of fused-ring (bicyclic) bond motifs is 1. The van der Waals surface area contributed by atoms with E-state index < -0.39 is 0 Å². The van der Waals surface area contributed by atoms with Gasteiger partial charge < -0.3 is 9.26 Å². The number of hydrogen-bond donors (Lipinski definition) is 1. The highest BCUT2D eigenvalue weighted by Crippen LogP contribution is 2.31.